The molecule has 0 radical (unpaired) electrons. The average molecular weight is 410 g/mol. The number of carbonyl (C=O) groups excluding carboxylic acids is 3. The number of anilines is 2. The van der Waals surface area contributed by atoms with Gasteiger partial charge in [0.25, 0.3) is 17.7 Å². The summed E-state index contributed by atoms with van der Waals surface area (Å²) in [5.74, 6) is -0.906. The van der Waals surface area contributed by atoms with Gasteiger partial charge in [-0.05, 0) is 74.2 Å². The minimum Gasteiger partial charge on any atom is -0.305 e. The number of fused-ring (bicyclic) bond motifs is 2. The van der Waals surface area contributed by atoms with Crippen LogP contribution in [0.15, 0.2) is 60.7 Å². The van der Waals surface area contributed by atoms with Crippen molar-refractivity contribution in [1.82, 2.24) is 0 Å². The van der Waals surface area contributed by atoms with Gasteiger partial charge in [-0.25, -0.2) is 4.90 Å². The first-order valence-electron chi connectivity index (χ1n) is 10.4. The van der Waals surface area contributed by atoms with Gasteiger partial charge in [0.15, 0.2) is 0 Å². The van der Waals surface area contributed by atoms with Crippen LogP contribution in [0.3, 0.4) is 0 Å². The van der Waals surface area contributed by atoms with Crippen LogP contribution in [0.2, 0.25) is 0 Å². The molecule has 1 atom stereocenters. The highest BCUT2D eigenvalue weighted by Crippen LogP contribution is 2.35. The first kappa shape index (κ1) is 19.2. The van der Waals surface area contributed by atoms with Gasteiger partial charge in [-0.1, -0.05) is 30.3 Å². The minimum atomic E-state index is -0.391. The van der Waals surface area contributed by atoms with Gasteiger partial charge < -0.3 is 4.90 Å². The summed E-state index contributed by atoms with van der Waals surface area (Å²) in [6, 6.07) is 18.4. The number of aryl methyl sites for hydroxylation is 2. The Balaban J connectivity index is 1.53. The van der Waals surface area contributed by atoms with Crippen molar-refractivity contribution in [1.29, 1.82) is 0 Å². The normalized spacial score (nSPS) is 17.2. The minimum absolute atomic E-state index is 0.0296. The molecule has 31 heavy (non-hydrogen) atoms. The number of para-hydroxylation sites is 1. The molecule has 0 saturated carbocycles. The number of hydrogen-bond donors (Lipinski definition) is 0. The van der Waals surface area contributed by atoms with Gasteiger partial charge in [0.05, 0.1) is 16.8 Å². The molecule has 154 valence electrons. The molecule has 0 aliphatic carbocycles. The number of rotatable bonds is 2. The number of benzene rings is 3. The van der Waals surface area contributed by atoms with Crippen LogP contribution in [0.4, 0.5) is 11.4 Å². The lowest BCUT2D eigenvalue weighted by atomic mass is 10.0. The highest BCUT2D eigenvalue weighted by atomic mass is 16.2. The molecule has 0 N–H and O–H groups in total. The van der Waals surface area contributed by atoms with E-state index >= 15 is 0 Å². The third-order valence-electron chi connectivity index (χ3n) is 6.17. The number of nitrogens with zero attached hydrogens (tertiary/aromatic N) is 2. The lowest BCUT2D eigenvalue weighted by Gasteiger charge is -2.23. The van der Waals surface area contributed by atoms with Gasteiger partial charge in [0.1, 0.15) is 0 Å². The Hall–Kier alpha value is -3.73. The number of imide groups is 1. The van der Waals surface area contributed by atoms with Crippen molar-refractivity contribution in [2.45, 2.75) is 33.2 Å². The summed E-state index contributed by atoms with van der Waals surface area (Å²) in [5.41, 5.74) is 5.45. The molecule has 2 aliphatic heterocycles. The van der Waals surface area contributed by atoms with E-state index in [9.17, 15) is 14.4 Å². The summed E-state index contributed by atoms with van der Waals surface area (Å²) < 4.78 is 0. The molecular weight excluding hydrogens is 388 g/mol. The third-order valence-corrected chi connectivity index (χ3v) is 6.17. The van der Waals surface area contributed by atoms with E-state index in [1.54, 1.807) is 23.1 Å². The molecule has 3 amide bonds. The first-order chi connectivity index (χ1) is 14.9. The molecule has 5 heteroatoms. The van der Waals surface area contributed by atoms with Gasteiger partial charge in [-0.15, -0.1) is 0 Å². The zero-order chi connectivity index (χ0) is 21.9. The Kier molecular flexibility index (Phi) is 4.29. The number of amides is 3. The predicted molar refractivity (Wildman–Crippen MR) is 120 cm³/mol. The van der Waals surface area contributed by atoms with Gasteiger partial charge in [-0.3, -0.25) is 14.4 Å². The summed E-state index contributed by atoms with van der Waals surface area (Å²) in [4.78, 5) is 42.6. The molecule has 5 rings (SSSR count). The maximum Gasteiger partial charge on any atom is 0.266 e. The fraction of sp³-hybridized carbons (Fsp3) is 0.192. The Morgan fingerprint density at radius 3 is 2.42 bits per heavy atom. The fourth-order valence-electron chi connectivity index (χ4n) is 4.57. The molecular formula is C26H22N2O3. The van der Waals surface area contributed by atoms with Crippen molar-refractivity contribution in [2.75, 3.05) is 9.80 Å². The van der Waals surface area contributed by atoms with Crippen LogP contribution < -0.4 is 9.80 Å². The van der Waals surface area contributed by atoms with E-state index in [2.05, 4.69) is 0 Å². The second-order valence-corrected chi connectivity index (χ2v) is 8.35. The van der Waals surface area contributed by atoms with Crippen LogP contribution in [0.1, 0.15) is 54.7 Å². The zero-order valence-corrected chi connectivity index (χ0v) is 17.7. The molecule has 2 aliphatic rings. The van der Waals surface area contributed by atoms with Crippen LogP contribution >= 0.6 is 0 Å². The van der Waals surface area contributed by atoms with Gasteiger partial charge >= 0.3 is 0 Å². The van der Waals surface area contributed by atoms with Crippen molar-refractivity contribution < 1.29 is 14.4 Å². The average Bonchev–Trinajstić information content (AvgIpc) is 3.22. The van der Waals surface area contributed by atoms with E-state index in [4.69, 9.17) is 0 Å². The summed E-state index contributed by atoms with van der Waals surface area (Å²) in [6.07, 6.45) is 0.796. The Labute approximate surface area is 180 Å². The molecule has 2 heterocycles. The monoisotopic (exact) mass is 410 g/mol. The van der Waals surface area contributed by atoms with Crippen LogP contribution in [0.5, 0.6) is 0 Å². The van der Waals surface area contributed by atoms with Gasteiger partial charge in [-0.2, -0.15) is 0 Å². The highest BCUT2D eigenvalue weighted by molar-refractivity contribution is 6.35. The van der Waals surface area contributed by atoms with E-state index < -0.39 is 5.91 Å². The smallest absolute Gasteiger partial charge is 0.266 e. The molecule has 5 nitrogen and oxygen atoms in total. The molecule has 0 spiro atoms. The van der Waals surface area contributed by atoms with E-state index in [0.29, 0.717) is 16.8 Å². The summed E-state index contributed by atoms with van der Waals surface area (Å²) in [5, 5.41) is 0. The molecule has 1 unspecified atom stereocenters. The number of carbonyl (C=O) groups is 3. The SMILES string of the molecule is Cc1ccc(C)c(N2C(=O)c3ccc(C(=O)N4c5ccccc5CC4C)cc3C2=O)c1. The Bertz CT molecular complexity index is 1280. The molecule has 0 fully saturated rings. The van der Waals surface area contributed by atoms with E-state index in [1.807, 2.05) is 63.2 Å². The van der Waals surface area contributed by atoms with Crippen molar-refractivity contribution in [3.05, 3.63) is 94.0 Å². The summed E-state index contributed by atoms with van der Waals surface area (Å²) >= 11 is 0. The summed E-state index contributed by atoms with van der Waals surface area (Å²) in [7, 11) is 0. The lowest BCUT2D eigenvalue weighted by molar-refractivity contribution is 0.0924. The zero-order valence-electron chi connectivity index (χ0n) is 17.7. The van der Waals surface area contributed by atoms with Crippen molar-refractivity contribution in [3.63, 3.8) is 0 Å². The van der Waals surface area contributed by atoms with Crippen LogP contribution in [0.25, 0.3) is 0 Å². The van der Waals surface area contributed by atoms with E-state index in [-0.39, 0.29) is 23.4 Å². The molecule has 0 aromatic heterocycles. The topological polar surface area (TPSA) is 57.7 Å². The van der Waals surface area contributed by atoms with Gasteiger partial charge in [0.2, 0.25) is 0 Å². The fourth-order valence-corrected chi connectivity index (χ4v) is 4.57. The highest BCUT2D eigenvalue weighted by Gasteiger charge is 2.39. The number of hydrogen-bond acceptors (Lipinski definition) is 3. The van der Waals surface area contributed by atoms with Crippen LogP contribution in [0, 0.1) is 13.8 Å². The van der Waals surface area contributed by atoms with Crippen molar-refractivity contribution in [3.8, 4) is 0 Å². The summed E-state index contributed by atoms with van der Waals surface area (Å²) in [6.45, 7) is 5.81. The molecule has 3 aromatic carbocycles. The molecule has 0 saturated heterocycles. The second kappa shape index (κ2) is 6.91. The van der Waals surface area contributed by atoms with Crippen molar-refractivity contribution in [2.24, 2.45) is 0 Å². The quantitative estimate of drug-likeness (QED) is 0.576. The van der Waals surface area contributed by atoms with Crippen LogP contribution in [-0.4, -0.2) is 23.8 Å². The molecule has 3 aromatic rings. The Morgan fingerprint density at radius 2 is 1.61 bits per heavy atom. The molecule has 0 bridgehead atoms. The maximum absolute atomic E-state index is 13.4. The third kappa shape index (κ3) is 2.88. The van der Waals surface area contributed by atoms with Crippen LogP contribution in [-0.2, 0) is 6.42 Å². The van der Waals surface area contributed by atoms with E-state index in [1.165, 1.54) is 4.90 Å². The second-order valence-electron chi connectivity index (χ2n) is 8.35. The van der Waals surface area contributed by atoms with Crippen molar-refractivity contribution >= 4 is 29.1 Å². The van der Waals surface area contributed by atoms with E-state index in [0.717, 1.165) is 28.8 Å². The Morgan fingerprint density at radius 1 is 0.871 bits per heavy atom. The standard InChI is InChI=1S/C26H22N2O3/c1-15-8-9-16(2)23(12-15)28-25(30)20-11-10-19(14-21(20)26(28)31)24(29)27-17(3)13-18-6-4-5-7-22(18)27/h4-12,14,17H,13H2,1-3H3. The predicted octanol–water partition coefficient (Wildman–Crippen LogP) is 4.70. The largest absolute Gasteiger partial charge is 0.305 e. The first-order valence-corrected chi connectivity index (χ1v) is 10.4. The lowest BCUT2D eigenvalue weighted by Crippen LogP contribution is -2.35. The van der Waals surface area contributed by atoms with Gasteiger partial charge in [0, 0.05) is 17.3 Å². The maximum atomic E-state index is 13.4.